The highest BCUT2D eigenvalue weighted by molar-refractivity contribution is 7.08. The molecule has 0 aliphatic carbocycles. The first kappa shape index (κ1) is 9.85. The van der Waals surface area contributed by atoms with Gasteiger partial charge in [-0.3, -0.25) is 0 Å². The first-order valence-corrected chi connectivity index (χ1v) is 4.74. The van der Waals surface area contributed by atoms with Crippen LogP contribution < -0.4 is 4.80 Å². The smallest absolute Gasteiger partial charge is 0.233 e. The highest BCUT2D eigenvalue weighted by Gasteiger charge is 2.04. The van der Waals surface area contributed by atoms with E-state index in [1.54, 1.807) is 0 Å². The van der Waals surface area contributed by atoms with E-state index in [2.05, 4.69) is 10.2 Å². The average Bonchev–Trinajstić information content (AvgIpc) is 2.46. The number of nitro groups is 1. The topological polar surface area (TPSA) is 73.3 Å². The third-order valence-corrected chi connectivity index (χ3v) is 2.51. The fourth-order valence-electron chi connectivity index (χ4n) is 0.847. The zero-order valence-corrected chi connectivity index (χ0v) is 8.24. The maximum atomic E-state index is 10.1. The molecule has 1 aromatic rings. The molecule has 0 amide bonds. The van der Waals surface area contributed by atoms with Gasteiger partial charge in [0.15, 0.2) is 5.03 Å². The molecule has 1 aromatic heterocycles. The molecule has 1 heterocycles. The number of aryl methyl sites for hydroxylation is 2. The monoisotopic (exact) mass is 202 g/mol. The van der Waals surface area contributed by atoms with Gasteiger partial charge in [-0.1, -0.05) is 18.3 Å². The Labute approximate surface area is 78.7 Å². The second-order valence-electron chi connectivity index (χ2n) is 2.29. The van der Waals surface area contributed by atoms with Crippen LogP contribution in [0, 0.1) is 10.1 Å². The molecule has 7 heteroatoms. The molecule has 0 bridgehead atoms. The fraction of sp³-hybridized carbons (Fsp3) is 0.667. The molecular weight excluding hydrogens is 192 g/mol. The van der Waals surface area contributed by atoms with Crippen molar-refractivity contribution in [3.05, 3.63) is 19.9 Å². The largest absolute Gasteiger partial charge is 0.280 e. The summed E-state index contributed by atoms with van der Waals surface area (Å²) < 4.78 is 1.53. The van der Waals surface area contributed by atoms with Crippen molar-refractivity contribution < 1.29 is 5.03 Å². The van der Waals surface area contributed by atoms with Crippen LogP contribution >= 0.6 is 11.3 Å². The zero-order chi connectivity index (χ0) is 9.84. The van der Waals surface area contributed by atoms with Crippen LogP contribution in [0.1, 0.15) is 18.9 Å². The van der Waals surface area contributed by atoms with Gasteiger partial charge in [-0.05, 0) is 13.3 Å². The van der Waals surface area contributed by atoms with Crippen LogP contribution in [0.4, 0.5) is 0 Å². The van der Waals surface area contributed by atoms with Crippen molar-refractivity contribution in [2.45, 2.75) is 26.8 Å². The Bertz CT molecular complexity index is 367. The number of rotatable bonds is 3. The molecule has 0 saturated carbocycles. The molecule has 0 atom stereocenters. The van der Waals surface area contributed by atoms with Gasteiger partial charge in [0.2, 0.25) is 0 Å². The highest BCUT2D eigenvalue weighted by Crippen LogP contribution is 1.98. The lowest BCUT2D eigenvalue weighted by Gasteiger charge is -1.89. The quantitative estimate of drug-likeness (QED) is 0.532. The molecule has 72 valence electrons. The summed E-state index contributed by atoms with van der Waals surface area (Å²) >= 11 is 1.26. The lowest BCUT2D eigenvalue weighted by molar-refractivity contribution is -0.490. The minimum Gasteiger partial charge on any atom is -0.233 e. The van der Waals surface area contributed by atoms with Gasteiger partial charge in [-0.25, -0.2) is 14.8 Å². The van der Waals surface area contributed by atoms with E-state index in [1.807, 2.05) is 13.8 Å². The van der Waals surface area contributed by atoms with E-state index in [9.17, 15) is 10.1 Å². The molecule has 0 fully saturated rings. The van der Waals surface area contributed by atoms with Gasteiger partial charge < -0.3 is 0 Å². The molecule has 0 N–H and O–H groups in total. The van der Waals surface area contributed by atoms with E-state index in [4.69, 9.17) is 0 Å². The summed E-state index contributed by atoms with van der Waals surface area (Å²) in [5.41, 5.74) is 0. The highest BCUT2D eigenvalue weighted by atomic mass is 32.1. The number of hydrogen-bond donors (Lipinski definition) is 0. The van der Waals surface area contributed by atoms with Crippen LogP contribution in [0.25, 0.3) is 0 Å². The van der Waals surface area contributed by atoms with Crippen LogP contribution in [0.15, 0.2) is 5.10 Å². The molecule has 0 aromatic carbocycles. The van der Waals surface area contributed by atoms with Gasteiger partial charge >= 0.3 is 0 Å². The third-order valence-electron chi connectivity index (χ3n) is 1.43. The lowest BCUT2D eigenvalue weighted by Crippen LogP contribution is -2.16. The standard InChI is InChI=1S/C6H10N4O2S/c1-3-5-7-9(4-2)6(13-5)8-10(11)12/h3-4H2,1-2H3. The van der Waals surface area contributed by atoms with E-state index in [1.165, 1.54) is 16.0 Å². The van der Waals surface area contributed by atoms with E-state index in [0.29, 0.717) is 11.3 Å². The maximum Gasteiger partial charge on any atom is 0.280 e. The molecule has 0 saturated heterocycles. The molecular formula is C6H10N4O2S. The van der Waals surface area contributed by atoms with Gasteiger partial charge in [0.05, 0.1) is 5.10 Å². The molecule has 0 radical (unpaired) electrons. The first-order chi connectivity index (χ1) is 6.17. The fourth-order valence-corrected chi connectivity index (χ4v) is 1.72. The Morgan fingerprint density at radius 2 is 2.38 bits per heavy atom. The van der Waals surface area contributed by atoms with E-state index in [-0.39, 0.29) is 0 Å². The molecule has 0 spiro atoms. The lowest BCUT2D eigenvalue weighted by atomic mass is 10.5. The Balaban J connectivity index is 3.18. The van der Waals surface area contributed by atoms with Gasteiger partial charge in [0.25, 0.3) is 4.80 Å². The number of hydrogen-bond acceptors (Lipinski definition) is 4. The average molecular weight is 202 g/mol. The number of aromatic nitrogens is 2. The Kier molecular flexibility index (Phi) is 3.13. The second-order valence-corrected chi connectivity index (χ2v) is 3.33. The van der Waals surface area contributed by atoms with E-state index in [0.717, 1.165) is 11.4 Å². The van der Waals surface area contributed by atoms with Crippen LogP contribution in [0.5, 0.6) is 0 Å². The Morgan fingerprint density at radius 1 is 1.69 bits per heavy atom. The Morgan fingerprint density at radius 3 is 2.85 bits per heavy atom. The summed E-state index contributed by atoms with van der Waals surface area (Å²) in [6, 6.07) is 0. The summed E-state index contributed by atoms with van der Waals surface area (Å²) in [5, 5.41) is 17.7. The third kappa shape index (κ3) is 2.35. The summed E-state index contributed by atoms with van der Waals surface area (Å²) in [6.45, 7) is 4.43. The zero-order valence-electron chi connectivity index (χ0n) is 7.43. The summed E-state index contributed by atoms with van der Waals surface area (Å²) in [4.78, 5) is 10.5. The summed E-state index contributed by atoms with van der Waals surface area (Å²) in [7, 11) is 0. The molecule has 0 aliphatic rings. The van der Waals surface area contributed by atoms with Crippen molar-refractivity contribution in [2.75, 3.05) is 0 Å². The molecule has 6 nitrogen and oxygen atoms in total. The van der Waals surface area contributed by atoms with Gasteiger partial charge in [-0.2, -0.15) is 5.10 Å². The normalized spacial score (nSPS) is 12.0. The maximum absolute atomic E-state index is 10.1. The SMILES string of the molecule is CCc1nn(CC)c(=N[N+](=O)[O-])s1. The molecule has 0 aliphatic heterocycles. The predicted molar refractivity (Wildman–Crippen MR) is 47.7 cm³/mol. The molecule has 13 heavy (non-hydrogen) atoms. The van der Waals surface area contributed by atoms with E-state index >= 15 is 0 Å². The minimum atomic E-state index is -0.695. The van der Waals surface area contributed by atoms with Gasteiger partial charge in [-0.15, -0.1) is 0 Å². The van der Waals surface area contributed by atoms with Crippen molar-refractivity contribution >= 4 is 11.3 Å². The minimum absolute atomic E-state index is 0.351. The summed E-state index contributed by atoms with van der Waals surface area (Å²) in [6.07, 6.45) is 0.776. The van der Waals surface area contributed by atoms with Crippen LogP contribution in [0.2, 0.25) is 0 Å². The predicted octanol–water partition coefficient (Wildman–Crippen LogP) is 0.619. The van der Waals surface area contributed by atoms with Gasteiger partial charge in [0.1, 0.15) is 5.01 Å². The molecule has 0 unspecified atom stereocenters. The number of nitrogens with zero attached hydrogens (tertiary/aromatic N) is 4. The van der Waals surface area contributed by atoms with Crippen molar-refractivity contribution in [1.82, 2.24) is 9.78 Å². The first-order valence-electron chi connectivity index (χ1n) is 3.93. The van der Waals surface area contributed by atoms with Crippen molar-refractivity contribution in [2.24, 2.45) is 5.10 Å². The Hall–Kier alpha value is -1.24. The van der Waals surface area contributed by atoms with Gasteiger partial charge in [0, 0.05) is 6.54 Å². The molecule has 1 rings (SSSR count). The van der Waals surface area contributed by atoms with Crippen molar-refractivity contribution in [3.63, 3.8) is 0 Å². The van der Waals surface area contributed by atoms with Crippen LogP contribution in [0.3, 0.4) is 0 Å². The van der Waals surface area contributed by atoms with Crippen LogP contribution in [-0.4, -0.2) is 14.8 Å². The van der Waals surface area contributed by atoms with Crippen molar-refractivity contribution in [3.8, 4) is 0 Å². The summed E-state index contributed by atoms with van der Waals surface area (Å²) in [5.74, 6) is 0. The second kappa shape index (κ2) is 4.13. The van der Waals surface area contributed by atoms with Crippen molar-refractivity contribution in [1.29, 1.82) is 0 Å². The van der Waals surface area contributed by atoms with E-state index < -0.39 is 5.03 Å². The van der Waals surface area contributed by atoms with Crippen LogP contribution in [-0.2, 0) is 13.0 Å².